The first-order chi connectivity index (χ1) is 10.3. The zero-order valence-electron chi connectivity index (χ0n) is 11.4. The Bertz CT molecular complexity index is 833. The lowest BCUT2D eigenvalue weighted by atomic mass is 10.1. The van der Waals surface area contributed by atoms with Crippen molar-refractivity contribution in [2.24, 2.45) is 5.10 Å². The summed E-state index contributed by atoms with van der Waals surface area (Å²) in [6.07, 6.45) is 5.17. The van der Waals surface area contributed by atoms with E-state index >= 15 is 0 Å². The van der Waals surface area contributed by atoms with Crippen LogP contribution in [0.5, 0.6) is 0 Å². The van der Waals surface area contributed by atoms with E-state index in [1.165, 1.54) is 0 Å². The lowest BCUT2D eigenvalue weighted by Gasteiger charge is -2.04. The highest BCUT2D eigenvalue weighted by Gasteiger charge is 2.09. The van der Waals surface area contributed by atoms with E-state index in [0.29, 0.717) is 10.6 Å². The van der Waals surface area contributed by atoms with Crippen molar-refractivity contribution < 1.29 is 0 Å². The van der Waals surface area contributed by atoms with Gasteiger partial charge in [-0.05, 0) is 30.8 Å². The Balaban J connectivity index is 2.05. The molecule has 0 aliphatic carbocycles. The quantitative estimate of drug-likeness (QED) is 0.596. The lowest BCUT2D eigenvalue weighted by molar-refractivity contribution is 0.870. The Morgan fingerprint density at radius 1 is 1.24 bits per heavy atom. The molecule has 0 radical (unpaired) electrons. The van der Waals surface area contributed by atoms with Gasteiger partial charge in [0, 0.05) is 23.5 Å². The topological polar surface area (TPSA) is 58.9 Å². The first kappa shape index (κ1) is 13.4. The molecule has 0 amide bonds. The number of nitrogens with one attached hydrogen (secondary N) is 1. The molecule has 0 saturated heterocycles. The third-order valence-electron chi connectivity index (χ3n) is 3.04. The minimum absolute atomic E-state index is 0.452. The monoisotopic (exact) mass is 295 g/mol. The van der Waals surface area contributed by atoms with Crippen molar-refractivity contribution in [3.05, 3.63) is 64.7 Å². The SMILES string of the molecule is Cc1ccccc1-c1n[nH]c(=S)n1/N=C\c1cccnc1. The normalized spacial score (nSPS) is 11.1. The second kappa shape index (κ2) is 5.80. The average molecular weight is 295 g/mol. The van der Waals surface area contributed by atoms with Gasteiger partial charge in [0.05, 0.1) is 6.21 Å². The molecule has 0 fully saturated rings. The number of hydrogen-bond acceptors (Lipinski definition) is 4. The number of aryl methyl sites for hydroxylation is 1. The Hall–Kier alpha value is -2.60. The zero-order valence-corrected chi connectivity index (χ0v) is 12.2. The van der Waals surface area contributed by atoms with Gasteiger partial charge in [-0.25, -0.2) is 5.10 Å². The van der Waals surface area contributed by atoms with Gasteiger partial charge in [-0.3, -0.25) is 4.98 Å². The van der Waals surface area contributed by atoms with Crippen LogP contribution in [0, 0.1) is 11.7 Å². The van der Waals surface area contributed by atoms with E-state index in [-0.39, 0.29) is 0 Å². The fraction of sp³-hybridized carbons (Fsp3) is 0.0667. The van der Waals surface area contributed by atoms with Crippen LogP contribution in [0.3, 0.4) is 0 Å². The van der Waals surface area contributed by atoms with Gasteiger partial charge >= 0.3 is 0 Å². The van der Waals surface area contributed by atoms with Gasteiger partial charge in [-0.2, -0.15) is 14.9 Å². The van der Waals surface area contributed by atoms with E-state index in [1.54, 1.807) is 23.3 Å². The van der Waals surface area contributed by atoms with Crippen LogP contribution in [0.15, 0.2) is 53.9 Å². The number of rotatable bonds is 3. The number of aromatic nitrogens is 4. The van der Waals surface area contributed by atoms with E-state index in [0.717, 1.165) is 16.7 Å². The smallest absolute Gasteiger partial charge is 0.216 e. The first-order valence-corrected chi connectivity index (χ1v) is 6.84. The maximum absolute atomic E-state index is 5.25. The van der Waals surface area contributed by atoms with Gasteiger partial charge < -0.3 is 0 Å². The molecule has 3 aromatic rings. The fourth-order valence-electron chi connectivity index (χ4n) is 1.97. The first-order valence-electron chi connectivity index (χ1n) is 6.43. The second-order valence-corrected chi connectivity index (χ2v) is 4.90. The summed E-state index contributed by atoms with van der Waals surface area (Å²) in [5.41, 5.74) is 3.01. The molecule has 5 nitrogen and oxygen atoms in total. The minimum atomic E-state index is 0.452. The Kier molecular flexibility index (Phi) is 3.70. The predicted molar refractivity (Wildman–Crippen MR) is 84.8 cm³/mol. The van der Waals surface area contributed by atoms with Crippen molar-refractivity contribution in [3.8, 4) is 11.4 Å². The summed E-state index contributed by atoms with van der Waals surface area (Å²) in [7, 11) is 0. The van der Waals surface area contributed by atoms with E-state index in [1.807, 2.05) is 43.3 Å². The number of hydrogen-bond donors (Lipinski definition) is 1. The van der Waals surface area contributed by atoms with Crippen molar-refractivity contribution >= 4 is 18.4 Å². The summed E-state index contributed by atoms with van der Waals surface area (Å²) in [5, 5.41) is 11.5. The second-order valence-electron chi connectivity index (χ2n) is 4.51. The molecule has 0 aliphatic rings. The number of benzene rings is 1. The van der Waals surface area contributed by atoms with Gasteiger partial charge in [0.15, 0.2) is 5.82 Å². The van der Waals surface area contributed by atoms with Gasteiger partial charge in [0.1, 0.15) is 0 Å². The molecule has 1 N–H and O–H groups in total. The Morgan fingerprint density at radius 3 is 2.86 bits per heavy atom. The summed E-state index contributed by atoms with van der Waals surface area (Å²) >= 11 is 5.25. The molecule has 3 rings (SSSR count). The molecule has 0 aliphatic heterocycles. The van der Waals surface area contributed by atoms with Crippen molar-refractivity contribution in [3.63, 3.8) is 0 Å². The van der Waals surface area contributed by atoms with Crippen LogP contribution in [0.4, 0.5) is 0 Å². The van der Waals surface area contributed by atoms with Crippen molar-refractivity contribution in [2.45, 2.75) is 6.92 Å². The fourth-order valence-corrected chi connectivity index (χ4v) is 2.15. The van der Waals surface area contributed by atoms with Crippen LogP contribution in [-0.2, 0) is 0 Å². The van der Waals surface area contributed by atoms with Crippen LogP contribution >= 0.6 is 12.2 Å². The molecule has 0 bridgehead atoms. The van der Waals surface area contributed by atoms with E-state index in [2.05, 4.69) is 20.3 Å². The van der Waals surface area contributed by atoms with E-state index in [9.17, 15) is 0 Å². The Morgan fingerprint density at radius 2 is 2.10 bits per heavy atom. The molecule has 0 spiro atoms. The van der Waals surface area contributed by atoms with Crippen LogP contribution in [0.2, 0.25) is 0 Å². The van der Waals surface area contributed by atoms with Crippen molar-refractivity contribution in [2.75, 3.05) is 0 Å². The minimum Gasteiger partial charge on any atom is -0.264 e. The van der Waals surface area contributed by atoms with Crippen molar-refractivity contribution in [1.82, 2.24) is 19.9 Å². The van der Waals surface area contributed by atoms with Gasteiger partial charge in [-0.15, -0.1) is 0 Å². The highest BCUT2D eigenvalue weighted by atomic mass is 32.1. The van der Waals surface area contributed by atoms with Crippen LogP contribution < -0.4 is 0 Å². The molecular formula is C15H13N5S. The summed E-state index contributed by atoms with van der Waals surface area (Å²) in [5.74, 6) is 0.693. The predicted octanol–water partition coefficient (Wildman–Crippen LogP) is 3.19. The molecule has 104 valence electrons. The van der Waals surface area contributed by atoms with E-state index < -0.39 is 0 Å². The number of aromatic amines is 1. The molecule has 0 saturated carbocycles. The van der Waals surface area contributed by atoms with Crippen LogP contribution in [-0.4, -0.2) is 26.1 Å². The Labute approximate surface area is 127 Å². The molecule has 0 unspecified atom stereocenters. The number of H-pyrrole nitrogens is 1. The van der Waals surface area contributed by atoms with Gasteiger partial charge in [-0.1, -0.05) is 30.3 Å². The molecule has 2 aromatic heterocycles. The molecule has 0 atom stereocenters. The number of pyridine rings is 1. The maximum atomic E-state index is 5.25. The van der Waals surface area contributed by atoms with E-state index in [4.69, 9.17) is 12.2 Å². The van der Waals surface area contributed by atoms with Crippen LogP contribution in [0.1, 0.15) is 11.1 Å². The van der Waals surface area contributed by atoms with Gasteiger partial charge in [0.25, 0.3) is 0 Å². The number of nitrogens with zero attached hydrogens (tertiary/aromatic N) is 4. The van der Waals surface area contributed by atoms with Crippen molar-refractivity contribution in [1.29, 1.82) is 0 Å². The van der Waals surface area contributed by atoms with Crippen LogP contribution in [0.25, 0.3) is 11.4 Å². The average Bonchev–Trinajstić information content (AvgIpc) is 2.88. The van der Waals surface area contributed by atoms with Gasteiger partial charge in [0.2, 0.25) is 4.77 Å². The largest absolute Gasteiger partial charge is 0.264 e. The highest BCUT2D eigenvalue weighted by molar-refractivity contribution is 7.71. The molecule has 2 heterocycles. The highest BCUT2D eigenvalue weighted by Crippen LogP contribution is 2.21. The molecule has 6 heteroatoms. The summed E-state index contributed by atoms with van der Waals surface area (Å²) < 4.78 is 2.07. The maximum Gasteiger partial charge on any atom is 0.216 e. The molecular weight excluding hydrogens is 282 g/mol. The summed E-state index contributed by atoms with van der Waals surface area (Å²) in [6, 6.07) is 11.8. The standard InChI is InChI=1S/C15H13N5S/c1-11-5-2-3-7-13(11)14-18-19-15(21)20(14)17-10-12-6-4-8-16-9-12/h2-10H,1H3,(H,19,21)/b17-10-. The molecule has 1 aromatic carbocycles. The third-order valence-corrected chi connectivity index (χ3v) is 3.31. The third kappa shape index (κ3) is 2.80. The zero-order chi connectivity index (χ0) is 14.7. The summed E-state index contributed by atoms with van der Waals surface area (Å²) in [4.78, 5) is 4.05. The lowest BCUT2D eigenvalue weighted by Crippen LogP contribution is -1.96. The molecule has 21 heavy (non-hydrogen) atoms. The summed E-state index contributed by atoms with van der Waals surface area (Å²) in [6.45, 7) is 2.03.